The van der Waals surface area contributed by atoms with E-state index in [-0.39, 0.29) is 13.0 Å². The fraction of sp³-hybridized carbons (Fsp3) is 0.833. The highest BCUT2D eigenvalue weighted by atomic mass is 19.3. The van der Waals surface area contributed by atoms with Crippen LogP contribution in [-0.4, -0.2) is 30.1 Å². The van der Waals surface area contributed by atoms with E-state index in [9.17, 15) is 13.6 Å². The predicted octanol–water partition coefficient (Wildman–Crippen LogP) is -0.372. The molecule has 0 saturated heterocycles. The summed E-state index contributed by atoms with van der Waals surface area (Å²) in [7, 11) is 0. The highest BCUT2D eigenvalue weighted by Gasteiger charge is 2.33. The van der Waals surface area contributed by atoms with Crippen molar-refractivity contribution in [2.24, 2.45) is 17.4 Å². The van der Waals surface area contributed by atoms with Crippen molar-refractivity contribution >= 4 is 5.97 Å². The quantitative estimate of drug-likeness (QED) is 0.541. The molecule has 0 aromatic rings. The Morgan fingerprint density at radius 2 is 2.00 bits per heavy atom. The second kappa shape index (κ2) is 5.00. The van der Waals surface area contributed by atoms with Crippen LogP contribution < -0.4 is 11.5 Å². The molecular weight excluding hydrogens is 170 g/mol. The first-order chi connectivity index (χ1) is 5.50. The molecule has 0 aromatic heterocycles. The summed E-state index contributed by atoms with van der Waals surface area (Å²) in [4.78, 5) is 10.3. The Kier molecular flexibility index (Phi) is 4.68. The molecule has 0 amide bonds. The second-order valence-electron chi connectivity index (χ2n) is 2.44. The molecule has 0 rings (SSSR count). The van der Waals surface area contributed by atoms with Crippen molar-refractivity contribution in [3.8, 4) is 0 Å². The minimum atomic E-state index is -2.94. The molecule has 0 radical (unpaired) electrons. The van der Waals surface area contributed by atoms with Crippen LogP contribution >= 0.6 is 0 Å². The van der Waals surface area contributed by atoms with Gasteiger partial charge in [-0.25, -0.2) is 8.78 Å². The fourth-order valence-electron chi connectivity index (χ4n) is 0.850. The smallest absolute Gasteiger partial charge is 0.313 e. The van der Waals surface area contributed by atoms with Crippen molar-refractivity contribution < 1.29 is 18.7 Å². The number of hydrogen-bond donors (Lipinski definition) is 3. The van der Waals surface area contributed by atoms with Crippen LogP contribution in [0.25, 0.3) is 0 Å². The summed E-state index contributed by atoms with van der Waals surface area (Å²) in [6.45, 7) is 0.109. The average Bonchev–Trinajstić information content (AvgIpc) is 1.85. The molecule has 0 fully saturated rings. The molecule has 4 nitrogen and oxygen atoms in total. The van der Waals surface area contributed by atoms with Gasteiger partial charge in [-0.05, 0) is 13.0 Å². The third kappa shape index (κ3) is 3.10. The highest BCUT2D eigenvalue weighted by molar-refractivity contribution is 5.71. The Morgan fingerprint density at radius 3 is 2.25 bits per heavy atom. The molecule has 0 heterocycles. The van der Waals surface area contributed by atoms with Gasteiger partial charge in [-0.3, -0.25) is 4.79 Å². The zero-order valence-corrected chi connectivity index (χ0v) is 6.41. The molecule has 0 aliphatic carbocycles. The Morgan fingerprint density at radius 1 is 1.50 bits per heavy atom. The lowest BCUT2D eigenvalue weighted by molar-refractivity contribution is -0.148. The van der Waals surface area contributed by atoms with E-state index in [1.54, 1.807) is 0 Å². The van der Waals surface area contributed by atoms with Crippen LogP contribution in [0.3, 0.4) is 0 Å². The molecular formula is C6H12F2N2O2. The van der Waals surface area contributed by atoms with Gasteiger partial charge in [0, 0.05) is 6.04 Å². The number of rotatable bonds is 5. The van der Waals surface area contributed by atoms with Gasteiger partial charge in [0.1, 0.15) is 5.92 Å². The minimum Gasteiger partial charge on any atom is -0.481 e. The zero-order valence-electron chi connectivity index (χ0n) is 6.41. The maximum absolute atomic E-state index is 12.0. The molecule has 5 N–H and O–H groups in total. The number of aliphatic carboxylic acids is 1. The zero-order chi connectivity index (χ0) is 9.72. The average molecular weight is 182 g/mol. The summed E-state index contributed by atoms with van der Waals surface area (Å²) in [5.41, 5.74) is 10.2. The number of carboxylic acid groups (broad SMARTS) is 1. The van der Waals surface area contributed by atoms with Crippen LogP contribution in [0.1, 0.15) is 6.42 Å². The number of alkyl halides is 2. The van der Waals surface area contributed by atoms with Gasteiger partial charge >= 0.3 is 5.97 Å². The van der Waals surface area contributed by atoms with Crippen molar-refractivity contribution in [3.05, 3.63) is 0 Å². The molecule has 6 heteroatoms. The maximum atomic E-state index is 12.0. The van der Waals surface area contributed by atoms with Crippen molar-refractivity contribution in [2.45, 2.75) is 18.9 Å². The van der Waals surface area contributed by atoms with E-state index >= 15 is 0 Å². The Bertz CT molecular complexity index is 154. The molecule has 12 heavy (non-hydrogen) atoms. The first-order valence-corrected chi connectivity index (χ1v) is 3.47. The van der Waals surface area contributed by atoms with Crippen LogP contribution in [0.5, 0.6) is 0 Å². The lowest BCUT2D eigenvalue weighted by atomic mass is 9.98. The predicted molar refractivity (Wildman–Crippen MR) is 38.8 cm³/mol. The summed E-state index contributed by atoms with van der Waals surface area (Å²) in [5.74, 6) is -3.39. The van der Waals surface area contributed by atoms with Crippen molar-refractivity contribution in [3.63, 3.8) is 0 Å². The number of hydrogen-bond acceptors (Lipinski definition) is 3. The van der Waals surface area contributed by atoms with Gasteiger partial charge in [-0.15, -0.1) is 0 Å². The molecule has 0 aliphatic rings. The number of halogens is 2. The minimum absolute atomic E-state index is 0.0846. The summed E-state index contributed by atoms with van der Waals surface area (Å²) in [6, 6.07) is -1.08. The van der Waals surface area contributed by atoms with Crippen LogP contribution in [-0.2, 0) is 4.79 Å². The number of carbonyl (C=O) groups is 1. The second-order valence-corrected chi connectivity index (χ2v) is 2.44. The van der Waals surface area contributed by atoms with Gasteiger partial charge in [0.15, 0.2) is 0 Å². The lowest BCUT2D eigenvalue weighted by Gasteiger charge is -2.17. The van der Waals surface area contributed by atoms with E-state index in [4.69, 9.17) is 16.6 Å². The van der Waals surface area contributed by atoms with Crippen LogP contribution in [0, 0.1) is 5.92 Å². The van der Waals surface area contributed by atoms with E-state index in [1.165, 1.54) is 0 Å². The summed E-state index contributed by atoms with van der Waals surface area (Å²) < 4.78 is 24.0. The van der Waals surface area contributed by atoms with Crippen LogP contribution in [0.15, 0.2) is 0 Å². The highest BCUT2D eigenvalue weighted by Crippen LogP contribution is 2.15. The van der Waals surface area contributed by atoms with Gasteiger partial charge in [-0.1, -0.05) is 0 Å². The third-order valence-corrected chi connectivity index (χ3v) is 1.52. The van der Waals surface area contributed by atoms with Gasteiger partial charge < -0.3 is 16.6 Å². The van der Waals surface area contributed by atoms with Gasteiger partial charge in [0.25, 0.3) is 6.43 Å². The molecule has 0 bridgehead atoms. The third-order valence-electron chi connectivity index (χ3n) is 1.52. The van der Waals surface area contributed by atoms with Crippen molar-refractivity contribution in [2.75, 3.05) is 6.54 Å². The molecule has 1 unspecified atom stereocenters. The van der Waals surface area contributed by atoms with Crippen LogP contribution in [0.4, 0.5) is 8.78 Å². The SMILES string of the molecule is NCC[C@H](N)C(C(=O)O)C(F)F. The standard InChI is InChI=1S/C6H12F2N2O2/c7-5(8)4(6(11)12)3(10)1-2-9/h3-5H,1-2,9-10H2,(H,11,12)/t3-,4?/m0/s1. The van der Waals surface area contributed by atoms with E-state index in [0.717, 1.165) is 0 Å². The van der Waals surface area contributed by atoms with Gasteiger partial charge in [0.05, 0.1) is 0 Å². The molecule has 0 saturated carbocycles. The number of nitrogens with two attached hydrogens (primary N) is 2. The van der Waals surface area contributed by atoms with Gasteiger partial charge in [-0.2, -0.15) is 0 Å². The first-order valence-electron chi connectivity index (χ1n) is 3.47. The van der Waals surface area contributed by atoms with Crippen molar-refractivity contribution in [1.29, 1.82) is 0 Å². The monoisotopic (exact) mass is 182 g/mol. The maximum Gasteiger partial charge on any atom is 0.313 e. The molecule has 72 valence electrons. The largest absolute Gasteiger partial charge is 0.481 e. The summed E-state index contributed by atoms with van der Waals surface area (Å²) in [6.07, 6.45) is -2.86. The Balaban J connectivity index is 4.19. The van der Waals surface area contributed by atoms with Crippen molar-refractivity contribution in [1.82, 2.24) is 0 Å². The van der Waals surface area contributed by atoms with E-state index < -0.39 is 24.4 Å². The van der Waals surface area contributed by atoms with Gasteiger partial charge in [0.2, 0.25) is 0 Å². The normalized spacial score (nSPS) is 16.1. The first kappa shape index (κ1) is 11.2. The molecule has 0 aromatic carbocycles. The lowest BCUT2D eigenvalue weighted by Crippen LogP contribution is -2.41. The van der Waals surface area contributed by atoms with Crippen LogP contribution in [0.2, 0.25) is 0 Å². The molecule has 0 aliphatic heterocycles. The summed E-state index contributed by atoms with van der Waals surface area (Å²) in [5, 5.41) is 8.34. The number of carboxylic acids is 1. The van der Waals surface area contributed by atoms with E-state index in [1.807, 2.05) is 0 Å². The van der Waals surface area contributed by atoms with E-state index in [2.05, 4.69) is 0 Å². The molecule has 0 spiro atoms. The molecule has 2 atom stereocenters. The Hall–Kier alpha value is -0.750. The fourth-order valence-corrected chi connectivity index (χ4v) is 0.850. The topological polar surface area (TPSA) is 89.3 Å². The van der Waals surface area contributed by atoms with E-state index in [0.29, 0.717) is 0 Å². The Labute approximate surface area is 68.5 Å². The summed E-state index contributed by atoms with van der Waals surface area (Å²) >= 11 is 0.